The molecule has 0 radical (unpaired) electrons. The molecule has 0 saturated carbocycles. The molecule has 0 unspecified atom stereocenters. The second-order valence-electron chi connectivity index (χ2n) is 10.3. The van der Waals surface area contributed by atoms with Crippen molar-refractivity contribution in [1.82, 2.24) is 0 Å². The van der Waals surface area contributed by atoms with E-state index in [0.717, 1.165) is 0 Å². The maximum absolute atomic E-state index is 13.7. The molecule has 0 spiro atoms. The summed E-state index contributed by atoms with van der Waals surface area (Å²) in [6.07, 6.45) is -4.34. The van der Waals surface area contributed by atoms with Crippen molar-refractivity contribution in [2.45, 2.75) is 69.4 Å². The van der Waals surface area contributed by atoms with Crippen molar-refractivity contribution in [2.75, 3.05) is 7.11 Å². The lowest BCUT2D eigenvalue weighted by atomic mass is 9.72. The lowest BCUT2D eigenvalue weighted by Gasteiger charge is -2.42. The van der Waals surface area contributed by atoms with Gasteiger partial charge in [0.15, 0.2) is 12.1 Å². The predicted molar refractivity (Wildman–Crippen MR) is 135 cm³/mol. The lowest BCUT2D eigenvalue weighted by Crippen LogP contribution is -2.52. The lowest BCUT2D eigenvalue weighted by molar-refractivity contribution is -0.245. The maximum Gasteiger partial charge on any atom is 0.202 e. The number of phenolic OH excluding ortho intramolecular Hbond substituents is 2. The van der Waals surface area contributed by atoms with Gasteiger partial charge in [-0.1, -0.05) is 17.3 Å². The first-order valence-electron chi connectivity index (χ1n) is 12.5. The minimum atomic E-state index is -1.85. The van der Waals surface area contributed by atoms with Crippen LogP contribution in [0.1, 0.15) is 75.8 Å². The largest absolute Gasteiger partial charge is 0.507 e. The van der Waals surface area contributed by atoms with Crippen LogP contribution < -0.4 is 10.5 Å². The van der Waals surface area contributed by atoms with Crippen LogP contribution in [0.5, 0.6) is 17.2 Å². The SMILES string of the molecule is COc1cccc2c1C(=O)c1c(O)c3c(c(O)c1C2=O)C[C@@](O)(/C(C)=N/O)C[C@H]3O[C@H]1C[C@@H](N)[C@@H](O)[C@@H](C)O1. The van der Waals surface area contributed by atoms with E-state index in [1.807, 2.05) is 0 Å². The number of nitrogens with two attached hydrogens (primary N) is 1. The molecule has 1 heterocycles. The van der Waals surface area contributed by atoms with E-state index in [9.17, 15) is 35.2 Å². The summed E-state index contributed by atoms with van der Waals surface area (Å²) in [5.74, 6) is -2.51. The van der Waals surface area contributed by atoms with Gasteiger partial charge >= 0.3 is 0 Å². The summed E-state index contributed by atoms with van der Waals surface area (Å²) in [5, 5.41) is 57.1. The Kier molecular flexibility index (Phi) is 6.64. The highest BCUT2D eigenvalue weighted by Gasteiger charge is 2.49. The number of carbonyl (C=O) groups excluding carboxylic acids is 2. The van der Waals surface area contributed by atoms with Crippen molar-refractivity contribution in [3.8, 4) is 17.2 Å². The predicted octanol–water partition coefficient (Wildman–Crippen LogP) is 1.29. The third-order valence-electron chi connectivity index (χ3n) is 7.97. The Morgan fingerprint density at radius 3 is 2.49 bits per heavy atom. The van der Waals surface area contributed by atoms with Gasteiger partial charge in [-0.2, -0.15) is 0 Å². The van der Waals surface area contributed by atoms with E-state index >= 15 is 0 Å². The number of oxime groups is 1. The number of fused-ring (bicyclic) bond motifs is 3. The van der Waals surface area contributed by atoms with Gasteiger partial charge in [0.05, 0.1) is 47.8 Å². The maximum atomic E-state index is 13.7. The number of nitrogens with zero attached hydrogens (tertiary/aromatic N) is 1. The molecule has 2 aromatic carbocycles. The van der Waals surface area contributed by atoms with Crippen LogP contribution in [-0.4, -0.2) is 80.2 Å². The summed E-state index contributed by atoms with van der Waals surface area (Å²) in [6.45, 7) is 2.99. The average molecular weight is 543 g/mol. The molecule has 2 aromatic rings. The monoisotopic (exact) mass is 542 g/mol. The number of ether oxygens (including phenoxy) is 3. The zero-order valence-electron chi connectivity index (χ0n) is 21.5. The molecule has 2 aliphatic carbocycles. The Labute approximate surface area is 223 Å². The van der Waals surface area contributed by atoms with Gasteiger partial charge in [0.25, 0.3) is 0 Å². The molecule has 1 aliphatic heterocycles. The van der Waals surface area contributed by atoms with Gasteiger partial charge in [-0.05, 0) is 19.9 Å². The first-order valence-corrected chi connectivity index (χ1v) is 12.5. The zero-order chi connectivity index (χ0) is 28.4. The molecule has 0 bridgehead atoms. The second-order valence-corrected chi connectivity index (χ2v) is 10.3. The quantitative estimate of drug-likeness (QED) is 0.120. The minimum Gasteiger partial charge on any atom is -0.507 e. The van der Waals surface area contributed by atoms with Gasteiger partial charge in [0, 0.05) is 42.0 Å². The van der Waals surface area contributed by atoms with Crippen molar-refractivity contribution < 1.29 is 49.4 Å². The van der Waals surface area contributed by atoms with Gasteiger partial charge in [-0.25, -0.2) is 0 Å². The second kappa shape index (κ2) is 9.57. The molecule has 3 aliphatic rings. The van der Waals surface area contributed by atoms with E-state index in [-0.39, 0.29) is 53.0 Å². The Hall–Kier alpha value is -3.55. The van der Waals surface area contributed by atoms with E-state index in [0.29, 0.717) is 0 Å². The highest BCUT2D eigenvalue weighted by Crippen LogP contribution is 2.52. The van der Waals surface area contributed by atoms with E-state index in [4.69, 9.17) is 19.9 Å². The molecular weight excluding hydrogens is 512 g/mol. The Balaban J connectivity index is 1.69. The topological polar surface area (TPSA) is 201 Å². The molecule has 6 atom stereocenters. The van der Waals surface area contributed by atoms with Crippen molar-refractivity contribution >= 4 is 17.3 Å². The number of ketones is 2. The smallest absolute Gasteiger partial charge is 0.202 e. The van der Waals surface area contributed by atoms with Crippen LogP contribution in [-0.2, 0) is 15.9 Å². The Bertz CT molecular complexity index is 1390. The molecule has 7 N–H and O–H groups in total. The molecule has 1 saturated heterocycles. The first kappa shape index (κ1) is 27.0. The minimum absolute atomic E-state index is 0.00869. The number of carbonyl (C=O) groups is 2. The third kappa shape index (κ3) is 4.07. The number of hydrogen-bond donors (Lipinski definition) is 6. The van der Waals surface area contributed by atoms with Crippen LogP contribution in [0.4, 0.5) is 0 Å². The number of aliphatic hydroxyl groups excluding tert-OH is 1. The van der Waals surface area contributed by atoms with Crippen molar-refractivity contribution in [3.05, 3.63) is 51.6 Å². The number of phenols is 2. The number of aromatic hydroxyl groups is 2. The summed E-state index contributed by atoms with van der Waals surface area (Å²) >= 11 is 0. The zero-order valence-corrected chi connectivity index (χ0v) is 21.5. The Morgan fingerprint density at radius 1 is 1.15 bits per heavy atom. The normalized spacial score (nSPS) is 30.4. The van der Waals surface area contributed by atoms with Crippen molar-refractivity contribution in [2.24, 2.45) is 10.9 Å². The Morgan fingerprint density at radius 2 is 1.85 bits per heavy atom. The van der Waals surface area contributed by atoms with Gasteiger partial charge in [0.1, 0.15) is 22.8 Å². The molecule has 208 valence electrons. The van der Waals surface area contributed by atoms with Crippen molar-refractivity contribution in [3.63, 3.8) is 0 Å². The van der Waals surface area contributed by atoms with Crippen molar-refractivity contribution in [1.29, 1.82) is 0 Å². The molecule has 0 amide bonds. The van der Waals surface area contributed by atoms with Gasteiger partial charge in [-0.3, -0.25) is 9.59 Å². The molecule has 1 fully saturated rings. The highest BCUT2D eigenvalue weighted by molar-refractivity contribution is 6.31. The third-order valence-corrected chi connectivity index (χ3v) is 7.97. The van der Waals surface area contributed by atoms with E-state index in [2.05, 4.69) is 5.16 Å². The van der Waals surface area contributed by atoms with E-state index < -0.39 is 70.4 Å². The van der Waals surface area contributed by atoms with Gasteiger partial charge < -0.3 is 45.6 Å². The summed E-state index contributed by atoms with van der Waals surface area (Å²) < 4.78 is 17.2. The van der Waals surface area contributed by atoms with Crippen LogP contribution in [0.3, 0.4) is 0 Å². The molecule has 0 aromatic heterocycles. The highest BCUT2D eigenvalue weighted by atomic mass is 16.7. The fourth-order valence-electron chi connectivity index (χ4n) is 5.76. The number of methoxy groups -OCH3 is 1. The summed E-state index contributed by atoms with van der Waals surface area (Å²) in [4.78, 5) is 27.2. The number of rotatable bonds is 4. The van der Waals surface area contributed by atoms with Crippen LogP contribution in [0.2, 0.25) is 0 Å². The van der Waals surface area contributed by atoms with Gasteiger partial charge in [0.2, 0.25) is 5.78 Å². The molecule has 5 rings (SSSR count). The number of aliphatic hydroxyl groups is 2. The average Bonchev–Trinajstić information content (AvgIpc) is 2.90. The summed E-state index contributed by atoms with van der Waals surface area (Å²) in [7, 11) is 1.34. The van der Waals surface area contributed by atoms with Crippen LogP contribution in [0.25, 0.3) is 0 Å². The fourth-order valence-corrected chi connectivity index (χ4v) is 5.76. The van der Waals surface area contributed by atoms with Crippen LogP contribution in [0, 0.1) is 0 Å². The molecule has 12 nitrogen and oxygen atoms in total. The van der Waals surface area contributed by atoms with Gasteiger partial charge in [-0.15, -0.1) is 0 Å². The standard InChI is InChI=1S/C27H30N2O10/c1-10-22(30)14(28)7-17(38-10)39-16-9-27(35,11(2)29-36)8-13-19(16)26(34)21-20(24(13)32)23(31)12-5-4-6-15(37-3)18(12)25(21)33/h4-6,10,14,16-17,22,30,32,34-36H,7-9,28H2,1-3H3/b29-11+/t10-,14-,16-,17+,22+,27+/m1/s1. The molecule has 12 heteroatoms. The summed E-state index contributed by atoms with van der Waals surface area (Å²) in [6, 6.07) is 3.77. The van der Waals surface area contributed by atoms with E-state index in [1.54, 1.807) is 6.92 Å². The fraction of sp³-hybridized carbons (Fsp3) is 0.444. The number of hydrogen-bond acceptors (Lipinski definition) is 12. The van der Waals surface area contributed by atoms with Crippen LogP contribution in [0.15, 0.2) is 23.4 Å². The van der Waals surface area contributed by atoms with E-state index in [1.165, 1.54) is 32.2 Å². The first-order chi connectivity index (χ1) is 18.4. The molecular formula is C27H30N2O10. The molecule has 39 heavy (non-hydrogen) atoms. The number of benzene rings is 2. The van der Waals surface area contributed by atoms with Crippen LogP contribution >= 0.6 is 0 Å². The summed E-state index contributed by atoms with van der Waals surface area (Å²) in [5.41, 5.74) is 3.14.